The maximum atomic E-state index is 11.8. The molecule has 0 fully saturated rings. The summed E-state index contributed by atoms with van der Waals surface area (Å²) in [5.41, 5.74) is 6.48. The number of alkyl halides is 2. The first kappa shape index (κ1) is 11.8. The fourth-order valence-corrected chi connectivity index (χ4v) is 1.06. The Morgan fingerprint density at radius 1 is 1.47 bits per heavy atom. The van der Waals surface area contributed by atoms with E-state index in [9.17, 15) is 8.78 Å². The molecule has 1 aromatic heterocycles. The predicted octanol–water partition coefficient (Wildman–Crippen LogP) is 2.14. The van der Waals surface area contributed by atoms with Crippen molar-refractivity contribution in [2.45, 2.75) is 25.8 Å². The number of aromatic nitrogens is 1. The van der Waals surface area contributed by atoms with Crippen molar-refractivity contribution >= 4 is 0 Å². The Kier molecular flexibility index (Phi) is 4.42. The topological polar surface area (TPSA) is 48.1 Å². The van der Waals surface area contributed by atoms with Gasteiger partial charge in [-0.15, -0.1) is 0 Å². The Labute approximate surface area is 87.3 Å². The van der Waals surface area contributed by atoms with E-state index in [1.165, 1.54) is 6.20 Å². The van der Waals surface area contributed by atoms with Crippen LogP contribution in [0.3, 0.4) is 0 Å². The van der Waals surface area contributed by atoms with Gasteiger partial charge >= 0.3 is 0 Å². The molecular formula is C10H14F2N2O. The molecule has 1 rings (SSSR count). The van der Waals surface area contributed by atoms with Gasteiger partial charge in [0.15, 0.2) is 0 Å². The number of pyridine rings is 1. The first-order chi connectivity index (χ1) is 7.13. The smallest absolute Gasteiger partial charge is 0.272 e. The number of nitrogens with zero attached hydrogens (tertiary/aromatic N) is 1. The molecule has 0 bridgehead atoms. The summed E-state index contributed by atoms with van der Waals surface area (Å²) < 4.78 is 28.4. The van der Waals surface area contributed by atoms with Crippen LogP contribution in [0.15, 0.2) is 18.3 Å². The number of ether oxygens (including phenoxy) is 1. The molecule has 84 valence electrons. The van der Waals surface area contributed by atoms with E-state index in [1.807, 2.05) is 6.92 Å². The zero-order valence-corrected chi connectivity index (χ0v) is 8.49. The van der Waals surface area contributed by atoms with Gasteiger partial charge in [-0.2, -0.15) is 0 Å². The molecule has 0 aliphatic heterocycles. The second-order valence-corrected chi connectivity index (χ2v) is 3.14. The molecular weight excluding hydrogens is 202 g/mol. The van der Waals surface area contributed by atoms with Gasteiger partial charge in [0, 0.05) is 6.04 Å². The summed E-state index contributed by atoms with van der Waals surface area (Å²) in [7, 11) is 0. The minimum atomic E-state index is -2.47. The van der Waals surface area contributed by atoms with Crippen LogP contribution in [0.4, 0.5) is 8.78 Å². The van der Waals surface area contributed by atoms with Crippen molar-refractivity contribution in [2.75, 3.05) is 6.61 Å². The van der Waals surface area contributed by atoms with Crippen LogP contribution in [0.2, 0.25) is 0 Å². The Bertz CT molecular complexity index is 290. The first-order valence-electron chi connectivity index (χ1n) is 4.76. The van der Waals surface area contributed by atoms with Gasteiger partial charge < -0.3 is 10.5 Å². The molecule has 2 N–H and O–H groups in total. The lowest BCUT2D eigenvalue weighted by Crippen LogP contribution is -2.11. The molecule has 5 heteroatoms. The molecule has 15 heavy (non-hydrogen) atoms. The highest BCUT2D eigenvalue weighted by Crippen LogP contribution is 2.15. The molecule has 0 aliphatic carbocycles. The molecule has 0 amide bonds. The van der Waals surface area contributed by atoms with Crippen LogP contribution in [-0.4, -0.2) is 18.0 Å². The molecule has 0 spiro atoms. The third-order valence-electron chi connectivity index (χ3n) is 1.95. The Morgan fingerprint density at radius 3 is 2.67 bits per heavy atom. The number of halogens is 2. The van der Waals surface area contributed by atoms with E-state index in [0.29, 0.717) is 5.75 Å². The van der Waals surface area contributed by atoms with Gasteiger partial charge in [0.25, 0.3) is 6.43 Å². The Morgan fingerprint density at radius 2 is 2.20 bits per heavy atom. The van der Waals surface area contributed by atoms with Crippen LogP contribution in [0, 0.1) is 0 Å². The van der Waals surface area contributed by atoms with Crippen LogP contribution in [0.25, 0.3) is 0 Å². The van der Waals surface area contributed by atoms with Crippen LogP contribution in [0.1, 0.15) is 25.1 Å². The summed E-state index contributed by atoms with van der Waals surface area (Å²) in [6.45, 7) is 1.34. The van der Waals surface area contributed by atoms with Gasteiger partial charge in [-0.3, -0.25) is 4.98 Å². The van der Waals surface area contributed by atoms with Crippen LogP contribution in [0.5, 0.6) is 5.75 Å². The van der Waals surface area contributed by atoms with E-state index in [0.717, 1.165) is 12.1 Å². The number of nitrogens with two attached hydrogens (primary N) is 1. The Hall–Kier alpha value is -1.23. The van der Waals surface area contributed by atoms with Gasteiger partial charge in [-0.25, -0.2) is 8.78 Å². The van der Waals surface area contributed by atoms with E-state index in [1.54, 1.807) is 12.1 Å². The van der Waals surface area contributed by atoms with E-state index < -0.39 is 13.0 Å². The minimum absolute atomic E-state index is 0.117. The summed E-state index contributed by atoms with van der Waals surface area (Å²) >= 11 is 0. The van der Waals surface area contributed by atoms with Crippen molar-refractivity contribution in [1.82, 2.24) is 4.98 Å². The van der Waals surface area contributed by atoms with Crippen molar-refractivity contribution in [3.05, 3.63) is 24.0 Å². The molecule has 0 aliphatic rings. The average Bonchev–Trinajstić information content (AvgIpc) is 2.26. The van der Waals surface area contributed by atoms with Gasteiger partial charge in [0.05, 0.1) is 11.9 Å². The molecule has 1 atom stereocenters. The van der Waals surface area contributed by atoms with Crippen LogP contribution < -0.4 is 10.5 Å². The van der Waals surface area contributed by atoms with Crippen molar-refractivity contribution in [3.63, 3.8) is 0 Å². The predicted molar refractivity (Wildman–Crippen MR) is 53.0 cm³/mol. The normalized spacial score (nSPS) is 12.9. The van der Waals surface area contributed by atoms with Gasteiger partial charge in [0.1, 0.15) is 12.4 Å². The van der Waals surface area contributed by atoms with Gasteiger partial charge in [-0.1, -0.05) is 6.92 Å². The highest BCUT2D eigenvalue weighted by atomic mass is 19.3. The zero-order valence-electron chi connectivity index (χ0n) is 8.49. The second-order valence-electron chi connectivity index (χ2n) is 3.14. The second kappa shape index (κ2) is 5.60. The standard InChI is InChI=1S/C10H14F2N2O/c1-2-8(13)9-4-3-7(5-14-9)15-6-10(11)12/h3-5,8,10H,2,6,13H2,1H3. The Balaban J connectivity index is 2.56. The number of hydrogen-bond donors (Lipinski definition) is 1. The largest absolute Gasteiger partial charge is 0.486 e. The van der Waals surface area contributed by atoms with Gasteiger partial charge in [-0.05, 0) is 18.6 Å². The molecule has 1 unspecified atom stereocenters. The third kappa shape index (κ3) is 3.79. The first-order valence-corrected chi connectivity index (χ1v) is 4.76. The molecule has 3 nitrogen and oxygen atoms in total. The zero-order chi connectivity index (χ0) is 11.3. The van der Waals surface area contributed by atoms with E-state index in [2.05, 4.69) is 4.98 Å². The molecule has 0 saturated carbocycles. The molecule has 1 heterocycles. The lowest BCUT2D eigenvalue weighted by molar-refractivity contribution is 0.0817. The van der Waals surface area contributed by atoms with Crippen molar-refractivity contribution in [1.29, 1.82) is 0 Å². The SMILES string of the molecule is CCC(N)c1ccc(OCC(F)F)cn1. The maximum absolute atomic E-state index is 11.8. The fraction of sp³-hybridized carbons (Fsp3) is 0.500. The molecule has 0 radical (unpaired) electrons. The number of hydrogen-bond acceptors (Lipinski definition) is 3. The lowest BCUT2D eigenvalue weighted by atomic mass is 10.1. The van der Waals surface area contributed by atoms with E-state index in [-0.39, 0.29) is 6.04 Å². The fourth-order valence-electron chi connectivity index (χ4n) is 1.06. The lowest BCUT2D eigenvalue weighted by Gasteiger charge is -2.09. The summed E-state index contributed by atoms with van der Waals surface area (Å²) in [5.74, 6) is 0.336. The molecule has 0 aromatic carbocycles. The minimum Gasteiger partial charge on any atom is -0.486 e. The van der Waals surface area contributed by atoms with Crippen molar-refractivity contribution in [2.24, 2.45) is 5.73 Å². The monoisotopic (exact) mass is 216 g/mol. The average molecular weight is 216 g/mol. The maximum Gasteiger partial charge on any atom is 0.272 e. The van der Waals surface area contributed by atoms with E-state index >= 15 is 0 Å². The highest BCUT2D eigenvalue weighted by Gasteiger charge is 2.06. The van der Waals surface area contributed by atoms with E-state index in [4.69, 9.17) is 10.5 Å². The molecule has 0 saturated heterocycles. The van der Waals surface area contributed by atoms with Gasteiger partial charge in [0.2, 0.25) is 0 Å². The summed E-state index contributed by atoms with van der Waals surface area (Å²) in [5, 5.41) is 0. The summed E-state index contributed by atoms with van der Waals surface area (Å²) in [4.78, 5) is 4.03. The van der Waals surface area contributed by atoms with Crippen LogP contribution in [-0.2, 0) is 0 Å². The number of rotatable bonds is 5. The molecule has 1 aromatic rings. The van der Waals surface area contributed by atoms with Crippen LogP contribution >= 0.6 is 0 Å². The summed E-state index contributed by atoms with van der Waals surface area (Å²) in [6.07, 6.45) is -0.278. The quantitative estimate of drug-likeness (QED) is 0.820. The highest BCUT2D eigenvalue weighted by molar-refractivity contribution is 5.21. The summed E-state index contributed by atoms with van der Waals surface area (Å²) in [6, 6.07) is 3.17. The third-order valence-corrected chi connectivity index (χ3v) is 1.95. The van der Waals surface area contributed by atoms with Crippen molar-refractivity contribution in [3.8, 4) is 5.75 Å². The van der Waals surface area contributed by atoms with Crippen molar-refractivity contribution < 1.29 is 13.5 Å².